The van der Waals surface area contributed by atoms with Gasteiger partial charge in [0.25, 0.3) is 0 Å². The molecule has 0 bridgehead atoms. The monoisotopic (exact) mass is 520 g/mol. The van der Waals surface area contributed by atoms with Crippen LogP contribution in [0.5, 0.6) is 0 Å². The molecule has 2 aromatic carbocycles. The van der Waals surface area contributed by atoms with E-state index in [9.17, 15) is 17.6 Å². The second-order valence-corrected chi connectivity index (χ2v) is 11.2. The Morgan fingerprint density at radius 3 is 2.35 bits per heavy atom. The molecule has 0 amide bonds. The summed E-state index contributed by atoms with van der Waals surface area (Å²) in [6.45, 7) is 1.57. The molecule has 2 aromatic heterocycles. The Hall–Kier alpha value is -3.78. The van der Waals surface area contributed by atoms with Crippen LogP contribution in [-0.2, 0) is 15.3 Å². The lowest BCUT2D eigenvalue weighted by Crippen LogP contribution is -2.15. The topological polar surface area (TPSA) is 99.2 Å². The van der Waals surface area contributed by atoms with Crippen molar-refractivity contribution in [3.05, 3.63) is 94.5 Å². The van der Waals surface area contributed by atoms with E-state index < -0.39 is 9.84 Å². The summed E-state index contributed by atoms with van der Waals surface area (Å²) in [7, 11) is -3.68. The maximum atomic E-state index is 13.6. The van der Waals surface area contributed by atoms with Crippen LogP contribution in [0.15, 0.2) is 87.0 Å². The Bertz CT molecular complexity index is 1700. The lowest BCUT2D eigenvalue weighted by Gasteiger charge is -2.15. The Kier molecular flexibility index (Phi) is 6.58. The molecule has 1 fully saturated rings. The highest BCUT2D eigenvalue weighted by atomic mass is 32.2. The highest BCUT2D eigenvalue weighted by molar-refractivity contribution is 7.91. The molecule has 4 aromatic rings. The SMILES string of the molecule is C.C.CCS(=O)(=O)c1cc(C2(C3=CN3)CC2)cnc1-c1coc2ccc(-c3ccc(F)cc3)cc2c1=O. The first kappa shape index (κ1) is 26.3. The number of halogens is 1. The van der Waals surface area contributed by atoms with Crippen LogP contribution in [0.1, 0.15) is 40.2 Å². The normalized spacial score (nSPS) is 15.1. The first-order valence-corrected chi connectivity index (χ1v) is 13.0. The van der Waals surface area contributed by atoms with Crippen molar-refractivity contribution >= 4 is 20.8 Å². The lowest BCUT2D eigenvalue weighted by atomic mass is 9.96. The number of nitrogens with one attached hydrogen (secondary N) is 1. The van der Waals surface area contributed by atoms with Crippen molar-refractivity contribution in [1.29, 1.82) is 0 Å². The molecule has 3 heterocycles. The van der Waals surface area contributed by atoms with E-state index >= 15 is 0 Å². The third-order valence-electron chi connectivity index (χ3n) is 6.88. The van der Waals surface area contributed by atoms with Crippen molar-refractivity contribution in [3.8, 4) is 22.4 Å². The van der Waals surface area contributed by atoms with E-state index in [0.717, 1.165) is 29.7 Å². The Morgan fingerprint density at radius 1 is 1.05 bits per heavy atom. The van der Waals surface area contributed by atoms with Crippen LogP contribution < -0.4 is 10.7 Å². The van der Waals surface area contributed by atoms with E-state index in [4.69, 9.17) is 4.42 Å². The van der Waals surface area contributed by atoms with Crippen molar-refractivity contribution in [2.75, 3.05) is 5.75 Å². The van der Waals surface area contributed by atoms with Gasteiger partial charge in [-0.2, -0.15) is 0 Å². The smallest absolute Gasteiger partial charge is 0.202 e. The Morgan fingerprint density at radius 2 is 1.73 bits per heavy atom. The molecule has 6 rings (SSSR count). The average molecular weight is 521 g/mol. The van der Waals surface area contributed by atoms with Gasteiger partial charge in [-0.1, -0.05) is 40.0 Å². The Labute approximate surface area is 215 Å². The Balaban J connectivity index is 0.00000160. The molecule has 1 aliphatic carbocycles. The number of hydrogen-bond acceptors (Lipinski definition) is 6. The minimum absolute atomic E-state index is 0. The quantitative estimate of drug-likeness (QED) is 0.325. The van der Waals surface area contributed by atoms with Gasteiger partial charge in [0.05, 0.1) is 27.3 Å². The number of pyridine rings is 1. The molecule has 1 saturated carbocycles. The standard InChI is InChI=1S/C27H21FN2O4S.2CH4/c1-2-35(32,33)23-12-18(27(9-10-27)24-14-29-24)13-30-25(23)21-15-34-22-8-5-17(11-20(22)26(21)31)16-3-6-19(28)7-4-16;;/h3-8,11-15,29H,2,9-10H2,1H3;2*1H4. The first-order valence-electron chi connectivity index (χ1n) is 11.3. The summed E-state index contributed by atoms with van der Waals surface area (Å²) in [5, 5.41) is 3.43. The predicted octanol–water partition coefficient (Wildman–Crippen LogP) is 6.20. The largest absolute Gasteiger partial charge is 0.463 e. The van der Waals surface area contributed by atoms with Gasteiger partial charge in [-0.15, -0.1) is 0 Å². The molecule has 37 heavy (non-hydrogen) atoms. The molecule has 0 saturated heterocycles. The van der Waals surface area contributed by atoms with Crippen molar-refractivity contribution in [2.24, 2.45) is 0 Å². The van der Waals surface area contributed by atoms with Gasteiger partial charge in [0, 0.05) is 23.5 Å². The zero-order valence-electron chi connectivity index (χ0n) is 18.8. The molecule has 0 atom stereocenters. The minimum atomic E-state index is -3.68. The fraction of sp³-hybridized carbons (Fsp3) is 0.241. The number of aromatic nitrogens is 1. The lowest BCUT2D eigenvalue weighted by molar-refractivity contribution is 0.596. The third-order valence-corrected chi connectivity index (χ3v) is 8.62. The molecule has 1 N–H and O–H groups in total. The van der Waals surface area contributed by atoms with Crippen LogP contribution in [0.3, 0.4) is 0 Å². The van der Waals surface area contributed by atoms with Gasteiger partial charge in [-0.3, -0.25) is 9.78 Å². The molecule has 192 valence electrons. The predicted molar refractivity (Wildman–Crippen MR) is 144 cm³/mol. The van der Waals surface area contributed by atoms with E-state index in [-0.39, 0.29) is 53.4 Å². The summed E-state index contributed by atoms with van der Waals surface area (Å²) >= 11 is 0. The van der Waals surface area contributed by atoms with Gasteiger partial charge >= 0.3 is 0 Å². The molecule has 1 aliphatic heterocycles. The van der Waals surface area contributed by atoms with Crippen LogP contribution in [0, 0.1) is 5.82 Å². The number of nitrogens with zero attached hydrogens (tertiary/aromatic N) is 1. The van der Waals surface area contributed by atoms with E-state index in [1.165, 1.54) is 18.4 Å². The van der Waals surface area contributed by atoms with Crippen LogP contribution >= 0.6 is 0 Å². The summed E-state index contributed by atoms with van der Waals surface area (Å²) < 4.78 is 45.3. The van der Waals surface area contributed by atoms with E-state index in [1.54, 1.807) is 49.5 Å². The number of allylic oxidation sites excluding steroid dienone is 1. The van der Waals surface area contributed by atoms with E-state index in [2.05, 4.69) is 10.3 Å². The van der Waals surface area contributed by atoms with Crippen molar-refractivity contribution < 1.29 is 17.2 Å². The number of fused-ring (bicyclic) bond motifs is 1. The molecule has 8 heteroatoms. The molecule has 0 radical (unpaired) electrons. The van der Waals surface area contributed by atoms with Gasteiger partial charge in [0.1, 0.15) is 17.7 Å². The van der Waals surface area contributed by atoms with E-state index in [0.29, 0.717) is 16.5 Å². The zero-order valence-corrected chi connectivity index (χ0v) is 19.7. The van der Waals surface area contributed by atoms with Gasteiger partial charge in [-0.25, -0.2) is 12.8 Å². The highest BCUT2D eigenvalue weighted by Crippen LogP contribution is 2.55. The molecular formula is C29H29FN2O4S. The van der Waals surface area contributed by atoms with Crippen LogP contribution in [-0.4, -0.2) is 19.2 Å². The summed E-state index contributed by atoms with van der Waals surface area (Å²) in [4.78, 5) is 18.1. The zero-order chi connectivity index (χ0) is 24.4. The van der Waals surface area contributed by atoms with Crippen LogP contribution in [0.2, 0.25) is 0 Å². The molecule has 2 aliphatic rings. The van der Waals surface area contributed by atoms with Crippen LogP contribution in [0.25, 0.3) is 33.4 Å². The van der Waals surface area contributed by atoms with Gasteiger partial charge < -0.3 is 9.73 Å². The summed E-state index contributed by atoms with van der Waals surface area (Å²) in [6, 6.07) is 12.8. The highest BCUT2D eigenvalue weighted by Gasteiger charge is 2.51. The summed E-state index contributed by atoms with van der Waals surface area (Å²) in [6.07, 6.45) is 6.70. The molecule has 0 unspecified atom stereocenters. The maximum Gasteiger partial charge on any atom is 0.202 e. The number of benzene rings is 2. The van der Waals surface area contributed by atoms with Crippen molar-refractivity contribution in [1.82, 2.24) is 10.3 Å². The number of rotatable bonds is 6. The number of hydrogen-bond donors (Lipinski definition) is 1. The van der Waals surface area contributed by atoms with Crippen LogP contribution in [0.4, 0.5) is 4.39 Å². The maximum absolute atomic E-state index is 13.6. The second-order valence-electron chi connectivity index (χ2n) is 8.95. The summed E-state index contributed by atoms with van der Waals surface area (Å²) in [5.41, 5.74) is 3.33. The fourth-order valence-corrected chi connectivity index (χ4v) is 5.64. The van der Waals surface area contributed by atoms with Gasteiger partial charge in [0.2, 0.25) is 5.43 Å². The molecule has 6 nitrogen and oxygen atoms in total. The molecule has 0 spiro atoms. The van der Waals surface area contributed by atoms with Crippen molar-refractivity contribution in [2.45, 2.75) is 44.9 Å². The van der Waals surface area contributed by atoms with Gasteiger partial charge in [-0.05, 0) is 59.9 Å². The molecular weight excluding hydrogens is 491 g/mol. The van der Waals surface area contributed by atoms with Crippen molar-refractivity contribution in [3.63, 3.8) is 0 Å². The fourth-order valence-electron chi connectivity index (χ4n) is 4.57. The first-order chi connectivity index (χ1) is 16.8. The van der Waals surface area contributed by atoms with Gasteiger partial charge in [0.15, 0.2) is 9.84 Å². The third kappa shape index (κ3) is 4.35. The second kappa shape index (κ2) is 9.27. The number of sulfone groups is 1. The van der Waals surface area contributed by atoms with E-state index in [1.807, 2.05) is 6.20 Å². The summed E-state index contributed by atoms with van der Waals surface area (Å²) in [5.74, 6) is -0.468. The minimum Gasteiger partial charge on any atom is -0.463 e. The average Bonchev–Trinajstić information content (AvgIpc) is 3.78.